The van der Waals surface area contributed by atoms with E-state index in [4.69, 9.17) is 9.15 Å². The van der Waals surface area contributed by atoms with Crippen LogP contribution in [0.5, 0.6) is 0 Å². The predicted molar refractivity (Wildman–Crippen MR) is 83.0 cm³/mol. The maximum atomic E-state index is 5.91. The van der Waals surface area contributed by atoms with E-state index < -0.39 is 0 Å². The average molecular weight is 275 g/mol. The number of hydrogen-bond acceptors (Lipinski definition) is 3. The number of hydrogen-bond donors (Lipinski definition) is 1. The van der Waals surface area contributed by atoms with Gasteiger partial charge in [-0.15, -0.1) is 0 Å². The lowest BCUT2D eigenvalue weighted by atomic mass is 10.1. The van der Waals surface area contributed by atoms with Crippen LogP contribution in [0.25, 0.3) is 11.0 Å². The Labute approximate surface area is 121 Å². The van der Waals surface area contributed by atoms with Gasteiger partial charge in [-0.05, 0) is 26.8 Å². The van der Waals surface area contributed by atoms with E-state index in [2.05, 4.69) is 38.2 Å². The number of fused-ring (bicyclic) bond motifs is 1. The molecule has 0 saturated heterocycles. The Hall–Kier alpha value is -1.32. The molecule has 1 heterocycles. The number of aryl methyl sites for hydroxylation is 1. The fraction of sp³-hybridized carbons (Fsp3) is 0.529. The molecule has 0 aliphatic carbocycles. The summed E-state index contributed by atoms with van der Waals surface area (Å²) in [5, 5.41) is 4.71. The first kappa shape index (κ1) is 15.1. The van der Waals surface area contributed by atoms with Crippen molar-refractivity contribution in [2.45, 2.75) is 46.3 Å². The standard InChI is InChI=1S/C17H25NO2/c1-5-15-14(11-18-12-17(3,4)19-6-2)13-9-7-8-10-16(13)20-15/h7-10,18H,5-6,11-12H2,1-4H3. The van der Waals surface area contributed by atoms with Crippen molar-refractivity contribution in [1.29, 1.82) is 0 Å². The molecule has 1 aromatic carbocycles. The van der Waals surface area contributed by atoms with Crippen LogP contribution in [0.1, 0.15) is 39.0 Å². The lowest BCUT2D eigenvalue weighted by molar-refractivity contribution is -0.00898. The number of ether oxygens (including phenoxy) is 1. The highest BCUT2D eigenvalue weighted by atomic mass is 16.5. The van der Waals surface area contributed by atoms with Crippen molar-refractivity contribution < 1.29 is 9.15 Å². The molecule has 2 rings (SSSR count). The molecule has 3 nitrogen and oxygen atoms in total. The van der Waals surface area contributed by atoms with E-state index in [1.807, 2.05) is 19.1 Å². The largest absolute Gasteiger partial charge is 0.461 e. The number of rotatable bonds is 7. The zero-order valence-electron chi connectivity index (χ0n) is 13.0. The Bertz CT molecular complexity index is 557. The van der Waals surface area contributed by atoms with Gasteiger partial charge < -0.3 is 14.5 Å². The molecule has 3 heteroatoms. The second-order valence-electron chi connectivity index (χ2n) is 5.65. The van der Waals surface area contributed by atoms with E-state index in [0.29, 0.717) is 0 Å². The van der Waals surface area contributed by atoms with Gasteiger partial charge in [0, 0.05) is 37.1 Å². The maximum absolute atomic E-state index is 5.91. The average Bonchev–Trinajstić information content (AvgIpc) is 2.77. The van der Waals surface area contributed by atoms with Crippen LogP contribution in [0.15, 0.2) is 28.7 Å². The monoisotopic (exact) mass is 275 g/mol. The SMILES string of the molecule is CCOC(C)(C)CNCc1c(CC)oc2ccccc12. The highest BCUT2D eigenvalue weighted by molar-refractivity contribution is 5.82. The van der Waals surface area contributed by atoms with Crippen LogP contribution in [-0.2, 0) is 17.7 Å². The summed E-state index contributed by atoms with van der Waals surface area (Å²) < 4.78 is 11.6. The van der Waals surface area contributed by atoms with E-state index in [-0.39, 0.29) is 5.60 Å². The minimum Gasteiger partial charge on any atom is -0.461 e. The molecule has 0 saturated carbocycles. The Morgan fingerprint density at radius 1 is 1.20 bits per heavy atom. The minimum atomic E-state index is -0.138. The molecule has 1 aromatic heterocycles. The van der Waals surface area contributed by atoms with Gasteiger partial charge in [0.2, 0.25) is 0 Å². The number of furan rings is 1. The highest BCUT2D eigenvalue weighted by Gasteiger charge is 2.18. The van der Waals surface area contributed by atoms with Gasteiger partial charge in [-0.2, -0.15) is 0 Å². The number of para-hydroxylation sites is 1. The number of nitrogens with one attached hydrogen (secondary N) is 1. The molecule has 0 aliphatic heterocycles. The molecule has 0 fully saturated rings. The molecule has 0 unspecified atom stereocenters. The van der Waals surface area contributed by atoms with Gasteiger partial charge in [-0.25, -0.2) is 0 Å². The Morgan fingerprint density at radius 3 is 2.65 bits per heavy atom. The van der Waals surface area contributed by atoms with Crippen LogP contribution in [-0.4, -0.2) is 18.8 Å². The summed E-state index contributed by atoms with van der Waals surface area (Å²) in [4.78, 5) is 0. The molecule has 2 aromatic rings. The molecule has 0 bridgehead atoms. The van der Waals surface area contributed by atoms with Crippen LogP contribution in [0.3, 0.4) is 0 Å². The molecular formula is C17H25NO2. The van der Waals surface area contributed by atoms with Gasteiger partial charge >= 0.3 is 0 Å². The van der Waals surface area contributed by atoms with Crippen molar-refractivity contribution >= 4 is 11.0 Å². The van der Waals surface area contributed by atoms with Crippen LogP contribution in [0.2, 0.25) is 0 Å². The van der Waals surface area contributed by atoms with E-state index in [9.17, 15) is 0 Å². The fourth-order valence-electron chi connectivity index (χ4n) is 2.56. The Morgan fingerprint density at radius 2 is 1.95 bits per heavy atom. The molecule has 0 radical (unpaired) electrons. The third-order valence-electron chi connectivity index (χ3n) is 3.49. The normalized spacial score (nSPS) is 12.2. The highest BCUT2D eigenvalue weighted by Crippen LogP contribution is 2.26. The van der Waals surface area contributed by atoms with E-state index in [1.54, 1.807) is 0 Å². The minimum absolute atomic E-state index is 0.138. The summed E-state index contributed by atoms with van der Waals surface area (Å²) in [7, 11) is 0. The quantitative estimate of drug-likeness (QED) is 0.832. The summed E-state index contributed by atoms with van der Waals surface area (Å²) in [6.45, 7) is 10.8. The fourth-order valence-corrected chi connectivity index (χ4v) is 2.56. The zero-order valence-corrected chi connectivity index (χ0v) is 13.0. The molecule has 0 atom stereocenters. The molecule has 0 spiro atoms. The van der Waals surface area contributed by atoms with Gasteiger partial charge in [0.1, 0.15) is 11.3 Å². The third-order valence-corrected chi connectivity index (χ3v) is 3.49. The van der Waals surface area contributed by atoms with Crippen molar-refractivity contribution in [2.24, 2.45) is 0 Å². The van der Waals surface area contributed by atoms with Crippen molar-refractivity contribution in [3.63, 3.8) is 0 Å². The molecule has 20 heavy (non-hydrogen) atoms. The molecule has 0 aliphatic rings. The second kappa shape index (κ2) is 6.42. The van der Waals surface area contributed by atoms with Crippen molar-refractivity contribution in [1.82, 2.24) is 5.32 Å². The second-order valence-corrected chi connectivity index (χ2v) is 5.65. The van der Waals surface area contributed by atoms with Crippen LogP contribution >= 0.6 is 0 Å². The first-order valence-corrected chi connectivity index (χ1v) is 7.41. The Kier molecular flexibility index (Phi) is 4.84. The lowest BCUT2D eigenvalue weighted by Gasteiger charge is -2.25. The van der Waals surface area contributed by atoms with Crippen LogP contribution < -0.4 is 5.32 Å². The van der Waals surface area contributed by atoms with E-state index in [0.717, 1.165) is 37.5 Å². The molecule has 1 N–H and O–H groups in total. The van der Waals surface area contributed by atoms with Gasteiger partial charge in [-0.3, -0.25) is 0 Å². The Balaban J connectivity index is 2.09. The first-order valence-electron chi connectivity index (χ1n) is 7.41. The number of benzene rings is 1. The van der Waals surface area contributed by atoms with Crippen molar-refractivity contribution in [3.05, 3.63) is 35.6 Å². The lowest BCUT2D eigenvalue weighted by Crippen LogP contribution is -2.37. The van der Waals surface area contributed by atoms with Gasteiger partial charge in [0.25, 0.3) is 0 Å². The summed E-state index contributed by atoms with van der Waals surface area (Å²) >= 11 is 0. The van der Waals surface area contributed by atoms with Crippen molar-refractivity contribution in [3.8, 4) is 0 Å². The van der Waals surface area contributed by atoms with E-state index in [1.165, 1.54) is 10.9 Å². The predicted octanol–water partition coefficient (Wildman–Crippen LogP) is 3.90. The zero-order chi connectivity index (χ0) is 14.6. The smallest absolute Gasteiger partial charge is 0.134 e. The van der Waals surface area contributed by atoms with Gasteiger partial charge in [-0.1, -0.05) is 25.1 Å². The van der Waals surface area contributed by atoms with Crippen LogP contribution in [0, 0.1) is 0 Å². The maximum Gasteiger partial charge on any atom is 0.134 e. The van der Waals surface area contributed by atoms with E-state index >= 15 is 0 Å². The third kappa shape index (κ3) is 3.41. The summed E-state index contributed by atoms with van der Waals surface area (Å²) in [5.41, 5.74) is 2.11. The summed E-state index contributed by atoms with van der Waals surface area (Å²) in [6.07, 6.45) is 0.917. The van der Waals surface area contributed by atoms with Crippen LogP contribution in [0.4, 0.5) is 0 Å². The molecule has 0 amide bonds. The summed E-state index contributed by atoms with van der Waals surface area (Å²) in [6, 6.07) is 8.23. The molecular weight excluding hydrogens is 250 g/mol. The van der Waals surface area contributed by atoms with Gasteiger partial charge in [0.15, 0.2) is 0 Å². The molecule has 110 valence electrons. The summed E-state index contributed by atoms with van der Waals surface area (Å²) in [5.74, 6) is 1.08. The first-order chi connectivity index (χ1) is 9.57. The van der Waals surface area contributed by atoms with Crippen molar-refractivity contribution in [2.75, 3.05) is 13.2 Å². The van der Waals surface area contributed by atoms with Gasteiger partial charge in [0.05, 0.1) is 5.60 Å². The topological polar surface area (TPSA) is 34.4 Å².